The molecule has 0 saturated carbocycles. The normalized spacial score (nSPS) is 37.1. The Kier molecular flexibility index (Phi) is 4.62. The molecule has 0 bridgehead atoms. The van der Waals surface area contributed by atoms with Crippen LogP contribution in [-0.2, 0) is 18.6 Å². The summed E-state index contributed by atoms with van der Waals surface area (Å²) in [6, 6.07) is 0. The Morgan fingerprint density at radius 1 is 1.24 bits per heavy atom. The van der Waals surface area contributed by atoms with E-state index in [-0.39, 0.29) is 23.4 Å². The highest BCUT2D eigenvalue weighted by Gasteiger charge is 2.49. The fourth-order valence-corrected chi connectivity index (χ4v) is 3.87. The third-order valence-electron chi connectivity index (χ3n) is 4.76. The first-order chi connectivity index (χ1) is 9.41. The Hall–Kier alpha value is 0.0169. The predicted molar refractivity (Wildman–Crippen MR) is 82.5 cm³/mol. The van der Waals surface area contributed by atoms with Crippen LogP contribution in [0.15, 0.2) is 0 Å². The summed E-state index contributed by atoms with van der Waals surface area (Å²) in [7, 11) is -1.92. The lowest BCUT2D eigenvalue weighted by atomic mass is 10.1. The van der Waals surface area contributed by atoms with E-state index in [0.717, 1.165) is 0 Å². The van der Waals surface area contributed by atoms with Crippen LogP contribution in [0.25, 0.3) is 0 Å². The maximum Gasteiger partial charge on any atom is 0.192 e. The van der Waals surface area contributed by atoms with E-state index < -0.39 is 20.4 Å². The van der Waals surface area contributed by atoms with Crippen LogP contribution in [0.1, 0.15) is 41.0 Å². The molecule has 2 aliphatic heterocycles. The molecule has 1 N–H and O–H groups in total. The largest absolute Gasteiger partial charge is 0.411 e. The quantitative estimate of drug-likeness (QED) is 0.811. The predicted octanol–water partition coefficient (Wildman–Crippen LogP) is 2.64. The van der Waals surface area contributed by atoms with Gasteiger partial charge in [0.25, 0.3) is 0 Å². The summed E-state index contributed by atoms with van der Waals surface area (Å²) in [5.74, 6) is -0.594. The van der Waals surface area contributed by atoms with Gasteiger partial charge in [0.15, 0.2) is 20.4 Å². The third kappa shape index (κ3) is 3.86. The molecule has 0 spiro atoms. The molecule has 5 nitrogen and oxygen atoms in total. The van der Waals surface area contributed by atoms with Gasteiger partial charge in [0.05, 0.1) is 12.7 Å². The summed E-state index contributed by atoms with van der Waals surface area (Å²) in [6.45, 7) is 15.3. The molecule has 2 fully saturated rings. The number of aliphatic hydroxyl groups excluding tert-OH is 1. The first-order valence-electron chi connectivity index (χ1n) is 7.74. The Balaban J connectivity index is 2.08. The van der Waals surface area contributed by atoms with Gasteiger partial charge >= 0.3 is 0 Å². The van der Waals surface area contributed by atoms with Crippen molar-refractivity contribution in [2.45, 2.75) is 89.6 Å². The standard InChI is InChI=1S/C15H30O5Si/c1-14(2,3)21(6,7)20-10-8-12(16)18-13(10)11-9-17-15(4,5)19-11/h10-13,16H,8-9H2,1-7H3/t10-,11+,12?,13-/m0/s1. The number of ether oxygens (including phenoxy) is 3. The smallest absolute Gasteiger partial charge is 0.192 e. The van der Waals surface area contributed by atoms with Gasteiger partial charge in [-0.3, -0.25) is 0 Å². The first-order valence-corrected chi connectivity index (χ1v) is 10.7. The van der Waals surface area contributed by atoms with Gasteiger partial charge in [-0.25, -0.2) is 0 Å². The molecule has 0 aromatic heterocycles. The molecule has 0 aromatic carbocycles. The van der Waals surface area contributed by atoms with Crippen LogP contribution in [0, 0.1) is 0 Å². The minimum atomic E-state index is -1.92. The van der Waals surface area contributed by atoms with Crippen LogP contribution in [0.4, 0.5) is 0 Å². The Morgan fingerprint density at radius 2 is 1.86 bits per heavy atom. The molecule has 6 heteroatoms. The van der Waals surface area contributed by atoms with Gasteiger partial charge in [0.1, 0.15) is 12.2 Å². The van der Waals surface area contributed by atoms with Crippen molar-refractivity contribution in [3.05, 3.63) is 0 Å². The monoisotopic (exact) mass is 318 g/mol. The molecule has 2 heterocycles. The van der Waals surface area contributed by atoms with E-state index in [2.05, 4.69) is 33.9 Å². The lowest BCUT2D eigenvalue weighted by molar-refractivity contribution is -0.174. The number of aliphatic hydroxyl groups is 1. The molecule has 1 unspecified atom stereocenters. The van der Waals surface area contributed by atoms with Crippen molar-refractivity contribution in [2.75, 3.05) is 6.61 Å². The topological polar surface area (TPSA) is 57.2 Å². The van der Waals surface area contributed by atoms with Gasteiger partial charge in [-0.15, -0.1) is 0 Å². The highest BCUT2D eigenvalue weighted by atomic mass is 28.4. The molecule has 124 valence electrons. The van der Waals surface area contributed by atoms with Crippen molar-refractivity contribution < 1.29 is 23.7 Å². The Labute approximate surface area is 129 Å². The summed E-state index contributed by atoms with van der Waals surface area (Å²) in [6.07, 6.45) is -0.874. The van der Waals surface area contributed by atoms with Crippen LogP contribution in [0.5, 0.6) is 0 Å². The van der Waals surface area contributed by atoms with E-state index in [1.807, 2.05) is 13.8 Å². The van der Waals surface area contributed by atoms with Gasteiger partial charge in [-0.1, -0.05) is 20.8 Å². The van der Waals surface area contributed by atoms with Gasteiger partial charge in [-0.05, 0) is 32.0 Å². The fraction of sp³-hybridized carbons (Fsp3) is 1.00. The zero-order valence-electron chi connectivity index (χ0n) is 14.3. The highest BCUT2D eigenvalue weighted by Crippen LogP contribution is 2.41. The second-order valence-corrected chi connectivity index (χ2v) is 12.8. The number of hydrogen-bond acceptors (Lipinski definition) is 5. The molecule has 0 aromatic rings. The SMILES string of the molecule is CC1(C)OC[C@H]([C@H]2OC(O)C[C@@H]2O[Si](C)(C)C(C)(C)C)O1. The van der Waals surface area contributed by atoms with E-state index in [0.29, 0.717) is 13.0 Å². The van der Waals surface area contributed by atoms with Crippen molar-refractivity contribution in [3.8, 4) is 0 Å². The van der Waals surface area contributed by atoms with Crippen molar-refractivity contribution in [3.63, 3.8) is 0 Å². The van der Waals surface area contributed by atoms with Crippen molar-refractivity contribution in [2.24, 2.45) is 0 Å². The molecule has 21 heavy (non-hydrogen) atoms. The Bertz CT molecular complexity index is 377. The first kappa shape index (κ1) is 17.4. The van der Waals surface area contributed by atoms with Crippen LogP contribution < -0.4 is 0 Å². The molecule has 0 aliphatic carbocycles. The van der Waals surface area contributed by atoms with Crippen LogP contribution in [0.2, 0.25) is 18.1 Å². The molecule has 0 amide bonds. The van der Waals surface area contributed by atoms with Crippen molar-refractivity contribution in [1.29, 1.82) is 0 Å². The Morgan fingerprint density at radius 3 is 2.33 bits per heavy atom. The van der Waals surface area contributed by atoms with Gasteiger partial charge in [0.2, 0.25) is 0 Å². The average Bonchev–Trinajstić information content (AvgIpc) is 2.79. The molecule has 2 saturated heterocycles. The summed E-state index contributed by atoms with van der Waals surface area (Å²) in [5, 5.41) is 10.00. The van der Waals surface area contributed by atoms with E-state index in [1.165, 1.54) is 0 Å². The molecule has 2 rings (SSSR count). The van der Waals surface area contributed by atoms with Crippen LogP contribution in [0.3, 0.4) is 0 Å². The van der Waals surface area contributed by atoms with E-state index in [1.54, 1.807) is 0 Å². The molecular weight excluding hydrogens is 288 g/mol. The van der Waals surface area contributed by atoms with Crippen molar-refractivity contribution in [1.82, 2.24) is 0 Å². The number of hydrogen-bond donors (Lipinski definition) is 1. The summed E-state index contributed by atoms with van der Waals surface area (Å²) in [5.41, 5.74) is 0. The minimum absolute atomic E-state index is 0.122. The summed E-state index contributed by atoms with van der Waals surface area (Å²) >= 11 is 0. The number of rotatable bonds is 3. The van der Waals surface area contributed by atoms with Gasteiger partial charge in [-0.2, -0.15) is 0 Å². The second kappa shape index (κ2) is 5.58. The zero-order chi connectivity index (χ0) is 16.1. The lowest BCUT2D eigenvalue weighted by Crippen LogP contribution is -2.48. The third-order valence-corrected chi connectivity index (χ3v) is 9.27. The maximum absolute atomic E-state index is 9.88. The van der Waals surface area contributed by atoms with E-state index in [9.17, 15) is 5.11 Å². The van der Waals surface area contributed by atoms with E-state index >= 15 is 0 Å². The summed E-state index contributed by atoms with van der Waals surface area (Å²) in [4.78, 5) is 0. The minimum Gasteiger partial charge on any atom is -0.411 e. The highest BCUT2D eigenvalue weighted by molar-refractivity contribution is 6.74. The van der Waals surface area contributed by atoms with Crippen molar-refractivity contribution >= 4 is 8.32 Å². The zero-order valence-corrected chi connectivity index (χ0v) is 15.3. The second-order valence-electron chi connectivity index (χ2n) is 8.07. The van der Waals surface area contributed by atoms with E-state index in [4.69, 9.17) is 18.6 Å². The molecule has 0 radical (unpaired) electrons. The molecule has 4 atom stereocenters. The molecule has 2 aliphatic rings. The maximum atomic E-state index is 9.88. The van der Waals surface area contributed by atoms with Gasteiger partial charge in [0, 0.05) is 6.42 Å². The molecular formula is C15H30O5Si. The fourth-order valence-electron chi connectivity index (χ4n) is 2.53. The van der Waals surface area contributed by atoms with Gasteiger partial charge < -0.3 is 23.7 Å². The summed E-state index contributed by atoms with van der Waals surface area (Å²) < 4.78 is 23.6. The average molecular weight is 318 g/mol. The lowest BCUT2D eigenvalue weighted by Gasteiger charge is -2.39. The van der Waals surface area contributed by atoms with Crippen LogP contribution >= 0.6 is 0 Å². The van der Waals surface area contributed by atoms with Crippen LogP contribution in [-0.4, -0.2) is 50.4 Å².